The lowest BCUT2D eigenvalue weighted by atomic mass is 10.1. The number of ether oxygens (including phenoxy) is 1. The van der Waals surface area contributed by atoms with Crippen LogP contribution in [0.4, 0.5) is 0 Å². The van der Waals surface area contributed by atoms with Crippen molar-refractivity contribution in [3.63, 3.8) is 0 Å². The van der Waals surface area contributed by atoms with Gasteiger partial charge in [-0.1, -0.05) is 54.1 Å². The Morgan fingerprint density at radius 3 is 2.44 bits per heavy atom. The molecule has 0 N–H and O–H groups in total. The molecule has 2 aromatic carbocycles. The van der Waals surface area contributed by atoms with Gasteiger partial charge < -0.3 is 17.7 Å². The van der Waals surface area contributed by atoms with Gasteiger partial charge in [-0.05, 0) is 42.7 Å². The van der Waals surface area contributed by atoms with Crippen molar-refractivity contribution in [2.75, 3.05) is 0 Å². The van der Waals surface area contributed by atoms with E-state index in [0.717, 1.165) is 22.4 Å². The molecule has 3 heterocycles. The zero-order chi connectivity index (χ0) is 22.5. The maximum absolute atomic E-state index is 12.0. The monoisotopic (exact) mass is 470 g/mol. The predicted octanol–water partition coefficient (Wildman–Crippen LogP) is 4.95. The van der Waals surface area contributed by atoms with E-state index in [1.165, 1.54) is 0 Å². The van der Waals surface area contributed by atoms with Crippen molar-refractivity contribution in [3.05, 3.63) is 82.0 Å². The largest absolute Gasteiger partial charge is 0.502 e. The molecule has 0 aliphatic carbocycles. The second-order valence-corrected chi connectivity index (χ2v) is 9.13. The fourth-order valence-corrected chi connectivity index (χ4v) is 4.64. The van der Waals surface area contributed by atoms with E-state index in [1.54, 1.807) is 12.1 Å². The van der Waals surface area contributed by atoms with E-state index in [2.05, 4.69) is 9.55 Å². The summed E-state index contributed by atoms with van der Waals surface area (Å²) in [6.07, 6.45) is 0. The molecule has 32 heavy (non-hydrogen) atoms. The fraction of sp³-hybridized carbons (Fsp3) is 0.174. The molecule has 0 bridgehead atoms. The summed E-state index contributed by atoms with van der Waals surface area (Å²) >= 11 is 5.97. The van der Waals surface area contributed by atoms with Crippen molar-refractivity contribution < 1.29 is 21.5 Å². The van der Waals surface area contributed by atoms with Crippen LogP contribution in [0.25, 0.3) is 10.9 Å². The number of hydrogen-bond donors (Lipinski definition) is 0. The average molecular weight is 471 g/mol. The fourth-order valence-electron chi connectivity index (χ4n) is 3.81. The first-order chi connectivity index (χ1) is 15.3. The second-order valence-electron chi connectivity index (χ2n) is 7.55. The SMILES string of the molecule is Cc1c(C)n(Cc2ccccc2)c2c(OCc3ccc(Cl)cc3)nc3c(c12)OS(=O)(=O)O3. The molecule has 0 fully saturated rings. The molecule has 164 valence electrons. The topological polar surface area (TPSA) is 79.7 Å². The predicted molar refractivity (Wildman–Crippen MR) is 121 cm³/mol. The Labute approximate surface area is 190 Å². The Balaban J connectivity index is 1.66. The number of halogens is 1. The third-order valence-corrected chi connectivity index (χ3v) is 6.48. The van der Waals surface area contributed by atoms with Crippen LogP contribution >= 0.6 is 11.6 Å². The molecule has 0 radical (unpaired) electrons. The van der Waals surface area contributed by atoms with E-state index in [9.17, 15) is 8.42 Å². The molecule has 7 nitrogen and oxygen atoms in total. The molecule has 0 spiro atoms. The summed E-state index contributed by atoms with van der Waals surface area (Å²) in [6.45, 7) is 4.66. The van der Waals surface area contributed by atoms with Gasteiger partial charge >= 0.3 is 10.4 Å². The van der Waals surface area contributed by atoms with Gasteiger partial charge in [0.05, 0.1) is 5.39 Å². The number of pyridine rings is 1. The molecular formula is C23H19ClN2O5S. The van der Waals surface area contributed by atoms with Crippen molar-refractivity contribution in [1.82, 2.24) is 9.55 Å². The minimum absolute atomic E-state index is 0.0891. The van der Waals surface area contributed by atoms with Crippen LogP contribution in [0.15, 0.2) is 54.6 Å². The lowest BCUT2D eigenvalue weighted by Crippen LogP contribution is -2.08. The Bertz CT molecular complexity index is 1430. The second kappa shape index (κ2) is 7.72. The number of benzene rings is 2. The molecule has 5 rings (SSSR count). The van der Waals surface area contributed by atoms with Gasteiger partial charge in [-0.15, -0.1) is 8.42 Å². The summed E-state index contributed by atoms with van der Waals surface area (Å²) in [7, 11) is -4.21. The molecule has 0 atom stereocenters. The maximum Gasteiger partial charge on any atom is 0.502 e. The number of hydrogen-bond acceptors (Lipinski definition) is 6. The Kier molecular flexibility index (Phi) is 4.98. The zero-order valence-electron chi connectivity index (χ0n) is 17.3. The quantitative estimate of drug-likeness (QED) is 0.410. The lowest BCUT2D eigenvalue weighted by molar-refractivity contribution is 0.294. The van der Waals surface area contributed by atoms with E-state index >= 15 is 0 Å². The normalized spacial score (nSPS) is 14.1. The molecule has 9 heteroatoms. The molecule has 1 aliphatic rings. The molecule has 2 aromatic heterocycles. The van der Waals surface area contributed by atoms with Crippen LogP contribution in [-0.2, 0) is 23.6 Å². The molecule has 0 amide bonds. The van der Waals surface area contributed by atoms with Crippen molar-refractivity contribution in [2.24, 2.45) is 0 Å². The average Bonchev–Trinajstić information content (AvgIpc) is 3.21. The van der Waals surface area contributed by atoms with E-state index < -0.39 is 10.4 Å². The lowest BCUT2D eigenvalue weighted by Gasteiger charge is -2.13. The van der Waals surface area contributed by atoms with Crippen molar-refractivity contribution in [2.45, 2.75) is 27.0 Å². The summed E-state index contributed by atoms with van der Waals surface area (Å²) < 4.78 is 42.2. The van der Waals surface area contributed by atoms with Gasteiger partial charge in [0.2, 0.25) is 11.6 Å². The molecule has 4 aromatic rings. The van der Waals surface area contributed by atoms with Gasteiger partial charge in [0.15, 0.2) is 0 Å². The smallest absolute Gasteiger partial charge is 0.471 e. The van der Waals surface area contributed by atoms with Crippen LogP contribution in [0, 0.1) is 13.8 Å². The highest BCUT2D eigenvalue weighted by atomic mass is 35.5. The van der Waals surface area contributed by atoms with Crippen molar-refractivity contribution >= 4 is 32.9 Å². The molecule has 1 aliphatic heterocycles. The number of nitrogens with zero attached hydrogens (tertiary/aromatic N) is 2. The van der Waals surface area contributed by atoms with Gasteiger partial charge in [0.1, 0.15) is 12.1 Å². The molecular weight excluding hydrogens is 452 g/mol. The molecule has 0 unspecified atom stereocenters. The minimum atomic E-state index is -4.21. The summed E-state index contributed by atoms with van der Waals surface area (Å²) in [6, 6.07) is 17.2. The molecule has 0 saturated carbocycles. The van der Waals surface area contributed by atoms with Crippen LogP contribution in [-0.4, -0.2) is 18.0 Å². The number of aromatic nitrogens is 2. The van der Waals surface area contributed by atoms with Crippen molar-refractivity contribution in [1.29, 1.82) is 0 Å². The van der Waals surface area contributed by atoms with Crippen molar-refractivity contribution in [3.8, 4) is 17.5 Å². The van der Waals surface area contributed by atoms with Crippen LogP contribution in [0.1, 0.15) is 22.4 Å². The number of aryl methyl sites for hydroxylation is 1. The zero-order valence-corrected chi connectivity index (χ0v) is 18.9. The standard InChI is InChI=1S/C23H19ClN2O5S/c1-14-15(2)26(12-16-6-4-3-5-7-16)20-19(14)21-23(31-32(27,28)30-21)25-22(20)29-13-17-8-10-18(24)11-9-17/h3-11H,12-13H2,1-2H3. The highest BCUT2D eigenvalue weighted by Gasteiger charge is 2.36. The first-order valence-corrected chi connectivity index (χ1v) is 11.6. The Hall–Kier alpha value is -3.23. The van der Waals surface area contributed by atoms with Crippen LogP contribution < -0.4 is 13.1 Å². The summed E-state index contributed by atoms with van der Waals surface area (Å²) in [5.74, 6) is 0.233. The minimum Gasteiger partial charge on any atom is -0.471 e. The maximum atomic E-state index is 12.0. The highest BCUT2D eigenvalue weighted by molar-refractivity contribution is 7.82. The van der Waals surface area contributed by atoms with Gasteiger partial charge in [-0.25, -0.2) is 0 Å². The number of fused-ring (bicyclic) bond motifs is 3. The third kappa shape index (κ3) is 3.65. The first-order valence-electron chi connectivity index (χ1n) is 9.91. The van der Waals surface area contributed by atoms with E-state index in [4.69, 9.17) is 24.7 Å². The summed E-state index contributed by atoms with van der Waals surface area (Å²) in [5.41, 5.74) is 4.44. The van der Waals surface area contributed by atoms with Gasteiger partial charge in [-0.2, -0.15) is 4.98 Å². The van der Waals surface area contributed by atoms with E-state index in [0.29, 0.717) is 22.5 Å². The van der Waals surface area contributed by atoms with E-state index in [1.807, 2.05) is 56.3 Å². The Morgan fingerprint density at radius 2 is 1.72 bits per heavy atom. The highest BCUT2D eigenvalue weighted by Crippen LogP contribution is 2.47. The summed E-state index contributed by atoms with van der Waals surface area (Å²) in [5, 5.41) is 1.24. The number of rotatable bonds is 5. The van der Waals surface area contributed by atoms with Crippen LogP contribution in [0.3, 0.4) is 0 Å². The van der Waals surface area contributed by atoms with Gasteiger partial charge in [0, 0.05) is 17.3 Å². The molecule has 0 saturated heterocycles. The van der Waals surface area contributed by atoms with E-state index in [-0.39, 0.29) is 24.1 Å². The Morgan fingerprint density at radius 1 is 1.00 bits per heavy atom. The van der Waals surface area contributed by atoms with Crippen LogP contribution in [0.5, 0.6) is 17.5 Å². The van der Waals surface area contributed by atoms with Crippen LogP contribution in [0.2, 0.25) is 5.02 Å². The summed E-state index contributed by atoms with van der Waals surface area (Å²) in [4.78, 5) is 4.37. The first kappa shape index (κ1) is 20.7. The van der Waals surface area contributed by atoms with Gasteiger partial charge in [0.25, 0.3) is 5.88 Å². The van der Waals surface area contributed by atoms with Gasteiger partial charge in [-0.3, -0.25) is 0 Å². The third-order valence-electron chi connectivity index (χ3n) is 5.49.